The van der Waals surface area contributed by atoms with E-state index in [0.29, 0.717) is 44.4 Å². The van der Waals surface area contributed by atoms with E-state index in [1.165, 1.54) is 23.5 Å². The molecule has 4 aromatic rings. The lowest BCUT2D eigenvalue weighted by atomic mass is 10.2. The Bertz CT molecular complexity index is 1460. The molecule has 0 saturated carbocycles. The SMILES string of the molecule is CCC(=O)Nc1nc2ccc(NC(=S)NC(=O)/C=C/c3ccc(-c4ccc(Cl)cc4Cl)o3)cc2s1. The Morgan fingerprint density at radius 3 is 2.71 bits per heavy atom. The van der Waals surface area contributed by atoms with Crippen LogP contribution in [0.1, 0.15) is 19.1 Å². The number of amides is 2. The number of thiocarbonyl (C=S) groups is 1. The minimum Gasteiger partial charge on any atom is -0.457 e. The summed E-state index contributed by atoms with van der Waals surface area (Å²) < 4.78 is 6.61. The van der Waals surface area contributed by atoms with Crippen LogP contribution in [0.3, 0.4) is 0 Å². The lowest BCUT2D eigenvalue weighted by molar-refractivity contribution is -0.116. The van der Waals surface area contributed by atoms with E-state index in [-0.39, 0.29) is 11.0 Å². The lowest BCUT2D eigenvalue weighted by Gasteiger charge is -2.07. The van der Waals surface area contributed by atoms with Gasteiger partial charge in [-0.05, 0) is 66.8 Å². The first-order valence-electron chi connectivity index (χ1n) is 10.4. The Labute approximate surface area is 220 Å². The summed E-state index contributed by atoms with van der Waals surface area (Å²) in [7, 11) is 0. The third kappa shape index (κ3) is 6.46. The summed E-state index contributed by atoms with van der Waals surface area (Å²) >= 11 is 18.7. The van der Waals surface area contributed by atoms with Crippen molar-refractivity contribution < 1.29 is 14.0 Å². The van der Waals surface area contributed by atoms with Gasteiger partial charge < -0.3 is 15.1 Å². The minimum atomic E-state index is -0.423. The van der Waals surface area contributed by atoms with Crippen molar-refractivity contribution in [3.8, 4) is 11.3 Å². The monoisotopic (exact) mass is 544 g/mol. The molecule has 35 heavy (non-hydrogen) atoms. The second-order valence-corrected chi connectivity index (χ2v) is 9.49. The number of anilines is 2. The maximum atomic E-state index is 12.3. The van der Waals surface area contributed by atoms with Crippen LogP contribution in [0.2, 0.25) is 10.0 Å². The fourth-order valence-corrected chi connectivity index (χ4v) is 4.66. The number of thiazole rings is 1. The van der Waals surface area contributed by atoms with Crippen LogP contribution in [-0.4, -0.2) is 21.9 Å². The summed E-state index contributed by atoms with van der Waals surface area (Å²) in [5, 5.41) is 9.97. The van der Waals surface area contributed by atoms with Crippen molar-refractivity contribution >= 4 is 90.8 Å². The minimum absolute atomic E-state index is 0.0982. The zero-order valence-electron chi connectivity index (χ0n) is 18.2. The third-order valence-electron chi connectivity index (χ3n) is 4.67. The molecule has 0 aliphatic carbocycles. The van der Waals surface area contributed by atoms with Crippen LogP contribution in [0.4, 0.5) is 10.8 Å². The van der Waals surface area contributed by atoms with E-state index in [2.05, 4.69) is 20.9 Å². The number of halogens is 2. The third-order valence-corrected chi connectivity index (χ3v) is 6.36. The fraction of sp³-hybridized carbons (Fsp3) is 0.0833. The average Bonchev–Trinajstić information content (AvgIpc) is 3.43. The van der Waals surface area contributed by atoms with E-state index in [4.69, 9.17) is 39.8 Å². The summed E-state index contributed by atoms with van der Waals surface area (Å²) in [6.45, 7) is 1.78. The Kier molecular flexibility index (Phi) is 7.82. The van der Waals surface area contributed by atoms with Crippen LogP contribution in [0.5, 0.6) is 0 Å². The normalized spacial score (nSPS) is 11.1. The molecule has 11 heteroatoms. The molecule has 0 fully saturated rings. The number of hydrogen-bond donors (Lipinski definition) is 3. The van der Waals surface area contributed by atoms with E-state index < -0.39 is 5.91 Å². The van der Waals surface area contributed by atoms with Gasteiger partial charge in [0.1, 0.15) is 11.5 Å². The lowest BCUT2D eigenvalue weighted by Crippen LogP contribution is -2.32. The molecule has 2 heterocycles. The Morgan fingerprint density at radius 2 is 1.94 bits per heavy atom. The van der Waals surface area contributed by atoms with Gasteiger partial charge in [0.25, 0.3) is 0 Å². The average molecular weight is 545 g/mol. The summed E-state index contributed by atoms with van der Waals surface area (Å²) in [6.07, 6.45) is 3.22. The number of fused-ring (bicyclic) bond motifs is 1. The van der Waals surface area contributed by atoms with Gasteiger partial charge >= 0.3 is 0 Å². The molecule has 2 aromatic heterocycles. The van der Waals surface area contributed by atoms with Gasteiger partial charge in [-0.15, -0.1) is 0 Å². The molecule has 4 rings (SSSR count). The van der Waals surface area contributed by atoms with Crippen molar-refractivity contribution in [2.75, 3.05) is 10.6 Å². The highest BCUT2D eigenvalue weighted by molar-refractivity contribution is 7.80. The van der Waals surface area contributed by atoms with Gasteiger partial charge in [0, 0.05) is 28.8 Å². The second kappa shape index (κ2) is 11.0. The molecule has 0 radical (unpaired) electrons. The van der Waals surface area contributed by atoms with E-state index in [1.54, 1.807) is 43.3 Å². The number of rotatable bonds is 6. The van der Waals surface area contributed by atoms with Gasteiger partial charge in [-0.1, -0.05) is 41.5 Å². The van der Waals surface area contributed by atoms with Crippen molar-refractivity contribution in [2.45, 2.75) is 13.3 Å². The van der Waals surface area contributed by atoms with Gasteiger partial charge in [-0.25, -0.2) is 4.98 Å². The number of nitrogens with zero attached hydrogens (tertiary/aromatic N) is 1. The van der Waals surface area contributed by atoms with Crippen molar-refractivity contribution in [3.05, 3.63) is 70.4 Å². The van der Waals surface area contributed by atoms with Crippen LogP contribution in [-0.2, 0) is 9.59 Å². The summed E-state index contributed by atoms with van der Waals surface area (Å²) in [4.78, 5) is 28.2. The van der Waals surface area contributed by atoms with Gasteiger partial charge in [0.05, 0.1) is 15.2 Å². The molecule has 0 saturated heterocycles. The van der Waals surface area contributed by atoms with Crippen molar-refractivity contribution in [1.82, 2.24) is 10.3 Å². The number of furan rings is 1. The first kappa shape index (κ1) is 24.9. The summed E-state index contributed by atoms with van der Waals surface area (Å²) in [5.74, 6) is 0.508. The van der Waals surface area contributed by atoms with Gasteiger partial charge in [0.15, 0.2) is 10.2 Å². The van der Waals surface area contributed by atoms with Crippen LogP contribution >= 0.6 is 46.8 Å². The molecule has 0 spiro atoms. The van der Waals surface area contributed by atoms with Gasteiger partial charge in [-0.2, -0.15) is 0 Å². The topological polar surface area (TPSA) is 96.3 Å². The highest BCUT2D eigenvalue weighted by atomic mass is 35.5. The molecule has 178 valence electrons. The second-order valence-electron chi connectivity index (χ2n) is 7.21. The quantitative estimate of drug-likeness (QED) is 0.184. The molecule has 2 aromatic carbocycles. The van der Waals surface area contributed by atoms with E-state index >= 15 is 0 Å². The zero-order chi connectivity index (χ0) is 24.9. The predicted molar refractivity (Wildman–Crippen MR) is 146 cm³/mol. The Hall–Kier alpha value is -3.24. The number of aromatic nitrogens is 1. The van der Waals surface area contributed by atoms with Crippen molar-refractivity contribution in [2.24, 2.45) is 0 Å². The van der Waals surface area contributed by atoms with E-state index in [1.807, 2.05) is 12.1 Å². The fourth-order valence-electron chi connectivity index (χ4n) is 3.01. The van der Waals surface area contributed by atoms with Crippen LogP contribution in [0.15, 0.2) is 59.0 Å². The highest BCUT2D eigenvalue weighted by Gasteiger charge is 2.10. The summed E-state index contributed by atoms with van der Waals surface area (Å²) in [6, 6.07) is 14.0. The maximum absolute atomic E-state index is 12.3. The van der Waals surface area contributed by atoms with Crippen molar-refractivity contribution in [3.63, 3.8) is 0 Å². The Balaban J connectivity index is 1.34. The molecule has 0 aliphatic heterocycles. The number of benzene rings is 2. The van der Waals surface area contributed by atoms with E-state index in [0.717, 1.165) is 10.2 Å². The number of carbonyl (C=O) groups is 2. The number of hydrogen-bond acceptors (Lipinski definition) is 6. The van der Waals surface area contributed by atoms with Gasteiger partial charge in [0.2, 0.25) is 11.8 Å². The smallest absolute Gasteiger partial charge is 0.250 e. The molecule has 0 atom stereocenters. The van der Waals surface area contributed by atoms with Gasteiger partial charge in [-0.3, -0.25) is 14.9 Å². The first-order valence-corrected chi connectivity index (χ1v) is 12.3. The van der Waals surface area contributed by atoms with Crippen LogP contribution in [0, 0.1) is 0 Å². The predicted octanol–water partition coefficient (Wildman–Crippen LogP) is 6.74. The van der Waals surface area contributed by atoms with Crippen molar-refractivity contribution in [1.29, 1.82) is 0 Å². The molecule has 3 N–H and O–H groups in total. The van der Waals surface area contributed by atoms with Crippen LogP contribution < -0.4 is 16.0 Å². The Morgan fingerprint density at radius 1 is 1.11 bits per heavy atom. The summed E-state index contributed by atoms with van der Waals surface area (Å²) in [5.41, 5.74) is 2.13. The standard InChI is InChI=1S/C24H18Cl2N4O3S2/c1-2-21(31)30-24-28-18-8-4-14(12-20(18)35-24)27-23(34)29-22(32)10-6-15-5-9-19(33-15)16-7-3-13(25)11-17(16)26/h3-12H,2H2,1H3,(H,28,30,31)(H2,27,29,32,34)/b10-6+. The number of nitrogens with one attached hydrogen (secondary N) is 3. The molecule has 0 unspecified atom stereocenters. The molecular weight excluding hydrogens is 527 g/mol. The molecule has 0 aliphatic rings. The molecule has 0 bridgehead atoms. The largest absolute Gasteiger partial charge is 0.457 e. The molecule has 7 nitrogen and oxygen atoms in total. The van der Waals surface area contributed by atoms with Crippen LogP contribution in [0.25, 0.3) is 27.6 Å². The number of carbonyl (C=O) groups excluding carboxylic acids is 2. The van der Waals surface area contributed by atoms with E-state index in [9.17, 15) is 9.59 Å². The molecule has 2 amide bonds. The maximum Gasteiger partial charge on any atom is 0.250 e. The highest BCUT2D eigenvalue weighted by Crippen LogP contribution is 2.32. The zero-order valence-corrected chi connectivity index (χ0v) is 21.4. The first-order chi connectivity index (χ1) is 16.8. The molecular formula is C24H18Cl2N4O3S2.